The summed E-state index contributed by atoms with van der Waals surface area (Å²) in [6, 6.07) is 3.49. The molecule has 8 heteroatoms. The molecule has 0 spiro atoms. The molecule has 1 heterocycles. The van der Waals surface area contributed by atoms with Gasteiger partial charge in [0.2, 0.25) is 0 Å². The van der Waals surface area contributed by atoms with Crippen molar-refractivity contribution < 1.29 is 13.6 Å². The highest BCUT2D eigenvalue weighted by Crippen LogP contribution is 2.26. The van der Waals surface area contributed by atoms with Gasteiger partial charge in [0, 0.05) is 24.4 Å². The highest BCUT2D eigenvalue weighted by molar-refractivity contribution is 7.91. The average molecular weight is 333 g/mol. The molecule has 3 N–H and O–H groups in total. The molecule has 0 aliphatic rings. The summed E-state index contributed by atoms with van der Waals surface area (Å²) in [5, 5.41) is 11.5. The zero-order chi connectivity index (χ0) is 16.0. The van der Waals surface area contributed by atoms with E-state index in [-0.39, 0.29) is 24.7 Å². The van der Waals surface area contributed by atoms with Gasteiger partial charge in [-0.1, -0.05) is 25.9 Å². The molecule has 0 saturated carbocycles. The summed E-state index contributed by atoms with van der Waals surface area (Å²) in [5.74, 6) is 0.219. The van der Waals surface area contributed by atoms with E-state index in [1.807, 2.05) is 26.8 Å². The van der Waals surface area contributed by atoms with Crippen LogP contribution in [-0.4, -0.2) is 36.9 Å². The number of hydrogen-bond donors (Lipinski definition) is 2. The first-order valence-electron chi connectivity index (χ1n) is 6.86. The number of nitrogens with zero attached hydrogens (tertiary/aromatic N) is 2. The number of nitrogens with two attached hydrogens (primary N) is 1. The molecule has 1 aromatic heterocycles. The van der Waals surface area contributed by atoms with Gasteiger partial charge in [0.15, 0.2) is 0 Å². The lowest BCUT2D eigenvalue weighted by Crippen LogP contribution is -2.36. The maximum absolute atomic E-state index is 12.7. The molecule has 1 aromatic rings. The summed E-state index contributed by atoms with van der Waals surface area (Å²) in [4.78, 5) is 1.04. The van der Waals surface area contributed by atoms with Gasteiger partial charge in [-0.25, -0.2) is 8.42 Å². The van der Waals surface area contributed by atoms with E-state index in [2.05, 4.69) is 5.16 Å². The van der Waals surface area contributed by atoms with Crippen LogP contribution in [0.15, 0.2) is 21.5 Å². The molecule has 0 radical (unpaired) electrons. The van der Waals surface area contributed by atoms with Crippen LogP contribution in [0.25, 0.3) is 0 Å². The van der Waals surface area contributed by atoms with Crippen molar-refractivity contribution >= 4 is 27.2 Å². The lowest BCUT2D eigenvalue weighted by molar-refractivity contribution is 0.314. The Hall–Kier alpha value is -1.12. The van der Waals surface area contributed by atoms with Crippen LogP contribution in [-0.2, 0) is 16.4 Å². The summed E-state index contributed by atoms with van der Waals surface area (Å²) in [7, 11) is -3.53. The molecule has 0 bridgehead atoms. The summed E-state index contributed by atoms with van der Waals surface area (Å²) >= 11 is 1.29. The molecule has 0 atom stereocenters. The second-order valence-electron chi connectivity index (χ2n) is 5.17. The fraction of sp³-hybridized carbons (Fsp3) is 0.615. The summed E-state index contributed by atoms with van der Waals surface area (Å²) in [6.45, 7) is 6.51. The van der Waals surface area contributed by atoms with Crippen LogP contribution in [0.4, 0.5) is 0 Å². The molecule has 0 amide bonds. The molecule has 0 aromatic carbocycles. The third kappa shape index (κ3) is 4.98. The minimum Gasteiger partial charge on any atom is -0.409 e. The Morgan fingerprint density at radius 3 is 2.62 bits per heavy atom. The van der Waals surface area contributed by atoms with Crippen molar-refractivity contribution in [2.75, 3.05) is 13.1 Å². The monoisotopic (exact) mass is 333 g/mol. The Bertz CT molecular complexity index is 579. The molecule has 0 aliphatic carbocycles. The summed E-state index contributed by atoms with van der Waals surface area (Å²) < 4.78 is 27.1. The fourth-order valence-electron chi connectivity index (χ4n) is 1.82. The third-order valence-electron chi connectivity index (χ3n) is 2.89. The summed E-state index contributed by atoms with van der Waals surface area (Å²) in [6.07, 6.45) is 1.02. The van der Waals surface area contributed by atoms with Gasteiger partial charge in [-0.05, 0) is 24.5 Å². The van der Waals surface area contributed by atoms with E-state index in [1.54, 1.807) is 6.07 Å². The van der Waals surface area contributed by atoms with E-state index in [4.69, 9.17) is 10.9 Å². The van der Waals surface area contributed by atoms with Crippen molar-refractivity contribution in [3.63, 3.8) is 0 Å². The van der Waals surface area contributed by atoms with Crippen molar-refractivity contribution in [2.45, 2.75) is 37.8 Å². The Labute approximate surface area is 130 Å². The van der Waals surface area contributed by atoms with Gasteiger partial charge in [-0.2, -0.15) is 4.31 Å². The van der Waals surface area contributed by atoms with Crippen LogP contribution >= 0.6 is 11.3 Å². The van der Waals surface area contributed by atoms with Gasteiger partial charge in [0.1, 0.15) is 10.0 Å². The zero-order valence-electron chi connectivity index (χ0n) is 12.6. The molecule has 0 unspecified atom stereocenters. The fourth-order valence-corrected chi connectivity index (χ4v) is 4.87. The normalized spacial score (nSPS) is 13.3. The lowest BCUT2D eigenvalue weighted by Gasteiger charge is -2.23. The predicted molar refractivity (Wildman–Crippen MR) is 85.3 cm³/mol. The van der Waals surface area contributed by atoms with Crippen LogP contribution in [0.2, 0.25) is 0 Å². The molecule has 0 fully saturated rings. The van der Waals surface area contributed by atoms with E-state index in [9.17, 15) is 8.42 Å². The smallest absolute Gasteiger partial charge is 0.252 e. The Morgan fingerprint density at radius 2 is 2.14 bits per heavy atom. The van der Waals surface area contributed by atoms with Crippen LogP contribution in [0.5, 0.6) is 0 Å². The highest BCUT2D eigenvalue weighted by Gasteiger charge is 2.26. The maximum atomic E-state index is 12.7. The number of hydrogen-bond acceptors (Lipinski definition) is 5. The van der Waals surface area contributed by atoms with E-state index >= 15 is 0 Å². The predicted octanol–water partition coefficient (Wildman–Crippen LogP) is 2.09. The minimum atomic E-state index is -3.53. The second kappa shape index (κ2) is 7.77. The van der Waals surface area contributed by atoms with Crippen LogP contribution in [0, 0.1) is 5.92 Å². The first kappa shape index (κ1) is 17.9. The van der Waals surface area contributed by atoms with Crippen molar-refractivity contribution in [1.82, 2.24) is 4.31 Å². The van der Waals surface area contributed by atoms with Crippen LogP contribution in [0.1, 0.15) is 32.1 Å². The molecule has 0 saturated heterocycles. The van der Waals surface area contributed by atoms with Gasteiger partial charge >= 0.3 is 0 Å². The Kier molecular flexibility index (Phi) is 6.63. The number of oxime groups is 1. The van der Waals surface area contributed by atoms with Crippen molar-refractivity contribution in [3.8, 4) is 0 Å². The summed E-state index contributed by atoms with van der Waals surface area (Å²) in [5.41, 5.74) is 5.44. The number of sulfonamides is 1. The quantitative estimate of drug-likeness (QED) is 0.329. The number of rotatable bonds is 8. The Morgan fingerprint density at radius 1 is 1.48 bits per heavy atom. The largest absolute Gasteiger partial charge is 0.409 e. The van der Waals surface area contributed by atoms with Crippen LogP contribution < -0.4 is 5.73 Å². The Balaban J connectivity index is 2.99. The lowest BCUT2D eigenvalue weighted by atomic mass is 10.2. The molecule has 0 aliphatic heterocycles. The van der Waals surface area contributed by atoms with Gasteiger partial charge < -0.3 is 10.9 Å². The topological polar surface area (TPSA) is 96.0 Å². The average Bonchev–Trinajstić information content (AvgIpc) is 2.92. The van der Waals surface area contributed by atoms with E-state index in [0.29, 0.717) is 10.8 Å². The molecular weight excluding hydrogens is 310 g/mol. The second-order valence-corrected chi connectivity index (χ2v) is 8.51. The SMILES string of the molecule is CCc1ccc(S(=O)(=O)N(CCC(N)=NO)CC(C)C)s1. The number of amidine groups is 1. The van der Waals surface area contributed by atoms with Gasteiger partial charge in [0.05, 0.1) is 0 Å². The minimum absolute atomic E-state index is 0.0272. The maximum Gasteiger partial charge on any atom is 0.252 e. The van der Waals surface area contributed by atoms with Gasteiger partial charge in [0.25, 0.3) is 10.0 Å². The van der Waals surface area contributed by atoms with E-state index < -0.39 is 10.0 Å². The van der Waals surface area contributed by atoms with Gasteiger partial charge in [-0.15, -0.1) is 11.3 Å². The third-order valence-corrected chi connectivity index (χ3v) is 6.46. The standard InChI is InChI=1S/C13H23N3O3S2/c1-4-11-5-6-13(20-11)21(18,19)16(9-10(2)3)8-7-12(14)15-17/h5-6,10,17H,4,7-9H2,1-3H3,(H2,14,15). The highest BCUT2D eigenvalue weighted by atomic mass is 32.2. The van der Waals surface area contributed by atoms with Gasteiger partial charge in [-0.3, -0.25) is 0 Å². The van der Waals surface area contributed by atoms with Crippen molar-refractivity contribution in [3.05, 3.63) is 17.0 Å². The first-order chi connectivity index (χ1) is 9.81. The molecular formula is C13H23N3O3S2. The van der Waals surface area contributed by atoms with Crippen LogP contribution in [0.3, 0.4) is 0 Å². The number of aryl methyl sites for hydroxylation is 1. The molecule has 120 valence electrons. The zero-order valence-corrected chi connectivity index (χ0v) is 14.2. The first-order valence-corrected chi connectivity index (χ1v) is 9.12. The van der Waals surface area contributed by atoms with Crippen molar-refractivity contribution in [2.24, 2.45) is 16.8 Å². The molecule has 6 nitrogen and oxygen atoms in total. The van der Waals surface area contributed by atoms with E-state index in [0.717, 1.165) is 11.3 Å². The number of thiophene rings is 1. The molecule has 1 rings (SSSR count). The molecule has 21 heavy (non-hydrogen) atoms. The van der Waals surface area contributed by atoms with E-state index in [1.165, 1.54) is 15.6 Å². The van der Waals surface area contributed by atoms with Crippen molar-refractivity contribution in [1.29, 1.82) is 0 Å².